The number of nitrogens with one attached hydrogen (secondary N) is 6. The maximum Gasteiger partial charge on any atom is 0.404 e. The van der Waals surface area contributed by atoms with Crippen LogP contribution in [0.15, 0.2) is 22.9 Å². The highest BCUT2D eigenvalue weighted by Crippen LogP contribution is 2.36. The minimum absolute atomic E-state index is 0.0164. The summed E-state index contributed by atoms with van der Waals surface area (Å²) >= 11 is 2.63. The number of H-pyrrole nitrogens is 1. The fraction of sp³-hybridized carbons (Fsp3) is 0.620. The number of aromatic nitrogens is 5. The van der Waals surface area contributed by atoms with Crippen LogP contribution in [0.3, 0.4) is 0 Å². The largest absolute Gasteiger partial charge is 0.441 e. The number of ether oxygens (including phenoxy) is 5. The van der Waals surface area contributed by atoms with Gasteiger partial charge in [-0.05, 0) is 20.8 Å². The van der Waals surface area contributed by atoms with Crippen LogP contribution in [0.25, 0.3) is 0 Å². The highest BCUT2D eigenvalue weighted by atomic mass is 32.2. The van der Waals surface area contributed by atoms with E-state index >= 15 is 4.79 Å². The monoisotopic (exact) mass is 1310 g/mol. The molecular weight excluding hydrogens is 1240 g/mol. The number of aliphatic hydroxyl groups is 8. The highest BCUT2D eigenvalue weighted by molar-refractivity contribution is 8.14. The Balaban J connectivity index is 1.30. The predicted octanol–water partition coefficient (Wildman–Crippen LogP) is -8.69. The second-order valence-corrected chi connectivity index (χ2v) is 23.1. The number of amides is 8. The molecule has 0 spiro atoms. The number of anilines is 1. The van der Waals surface area contributed by atoms with Crippen LogP contribution in [-0.2, 0) is 47.7 Å². The number of hydrogen-bond donors (Lipinski definition) is 20. The highest BCUT2D eigenvalue weighted by Gasteiger charge is 2.54. The zero-order chi connectivity index (χ0) is 66.6. The van der Waals surface area contributed by atoms with Crippen LogP contribution in [0.2, 0.25) is 0 Å². The van der Waals surface area contributed by atoms with E-state index < -0.39 is 189 Å². The van der Waals surface area contributed by atoms with Gasteiger partial charge < -0.3 is 131 Å². The second kappa shape index (κ2) is 32.2. The zero-order valence-corrected chi connectivity index (χ0v) is 50.3. The molecule has 0 aliphatic carbocycles. The van der Waals surface area contributed by atoms with Crippen LogP contribution in [0, 0.1) is 12.8 Å². The van der Waals surface area contributed by atoms with Crippen LogP contribution >= 0.6 is 23.1 Å². The van der Waals surface area contributed by atoms with Crippen LogP contribution < -0.4 is 61.0 Å². The van der Waals surface area contributed by atoms with Crippen molar-refractivity contribution in [3.63, 3.8) is 0 Å². The summed E-state index contributed by atoms with van der Waals surface area (Å²) in [5.74, 6) is -8.54. The third kappa shape index (κ3) is 18.0. The quantitative estimate of drug-likeness (QED) is 0.0284. The fourth-order valence-electron chi connectivity index (χ4n) is 9.37. The Morgan fingerprint density at radius 3 is 2.11 bits per heavy atom. The topological polar surface area (TPSA) is 641 Å². The van der Waals surface area contributed by atoms with E-state index in [1.54, 1.807) is 0 Å². The van der Waals surface area contributed by atoms with E-state index in [1.165, 1.54) is 56.2 Å². The Bertz CT molecular complexity index is 3040. The lowest BCUT2D eigenvalue weighted by atomic mass is 9.96. The second-order valence-electron chi connectivity index (χ2n) is 21.1. The van der Waals surface area contributed by atoms with Gasteiger partial charge in [0.15, 0.2) is 18.7 Å². The standard InChI is InChI=1S/C50H75N17O21S2/c1-15-28(64-42(67-39(15)53)20(7-26(52)71)59-8-19(51)40(54)77)45(81)66-30(36(21-9-57-14-60-21)86-49-38(34(75)32(73)24(10-68)85-49)87-48-35(76)37(88-50(56)83)33(74)25(11-69)84-48)46(82)61-17(3)31(72)16(2)43(79)65-29(18(4)70)44(80)58-6-5-27-62-23(13-89-27)47-63-22(12-90-47)41(55)78/h9,12,14,16-20,23-25,29-38,48-49,59,68-70,72-76H,5-8,10-11,13,51H2,1-4H3,(H2,52,71)(H2,54,77)(H2,55,78)(H2,56,83)(H,57,60)(H,58,80)(H,61,82)(H,65,79)(H,66,81)(H2,53,64,67)/t16-,17+,18+,19-,20-,23?,24-,25+,29-,30-,31-,32+,33+,34-,35-,36-,37-,38-,48+,49+/m0/s1. The first kappa shape index (κ1) is 71.8. The lowest BCUT2D eigenvalue weighted by Crippen LogP contribution is -2.65. The van der Waals surface area contributed by atoms with Gasteiger partial charge in [0.25, 0.3) is 11.8 Å². The molecule has 0 saturated carbocycles. The maximum absolute atomic E-state index is 15.1. The first-order chi connectivity index (χ1) is 42.5. The van der Waals surface area contributed by atoms with E-state index in [0.29, 0.717) is 15.8 Å². The van der Waals surface area contributed by atoms with Gasteiger partial charge in [-0.2, -0.15) is 0 Å². The zero-order valence-electron chi connectivity index (χ0n) is 48.6. The minimum atomic E-state index is -2.20. The number of carbonyl (C=O) groups is 8. The van der Waals surface area contributed by atoms with Crippen LogP contribution in [0.1, 0.15) is 94.9 Å². The lowest BCUT2D eigenvalue weighted by molar-refractivity contribution is -0.372. The third-order valence-electron chi connectivity index (χ3n) is 14.5. The molecule has 20 atom stereocenters. The number of rotatable bonds is 31. The predicted molar refractivity (Wildman–Crippen MR) is 309 cm³/mol. The number of nitrogen functional groups attached to an aromatic ring is 1. The Kier molecular flexibility index (Phi) is 25.7. The van der Waals surface area contributed by atoms with Crippen molar-refractivity contribution >= 4 is 81.4 Å². The summed E-state index contributed by atoms with van der Waals surface area (Å²) < 4.78 is 28.7. The molecule has 6 rings (SSSR count). The summed E-state index contributed by atoms with van der Waals surface area (Å²) in [7, 11) is 0. The van der Waals surface area contributed by atoms with Crippen molar-refractivity contribution in [1.82, 2.24) is 51.5 Å². The van der Waals surface area contributed by atoms with Crippen molar-refractivity contribution in [1.29, 1.82) is 0 Å². The number of imidazole rings is 1. The van der Waals surface area contributed by atoms with Crippen molar-refractivity contribution in [3.05, 3.63) is 51.4 Å². The van der Waals surface area contributed by atoms with E-state index in [1.807, 2.05) is 0 Å². The van der Waals surface area contributed by atoms with E-state index in [9.17, 15) is 74.4 Å². The minimum Gasteiger partial charge on any atom is -0.441 e. The van der Waals surface area contributed by atoms with E-state index in [0.717, 1.165) is 12.5 Å². The summed E-state index contributed by atoms with van der Waals surface area (Å²) in [6.07, 6.45) is -25.0. The number of aliphatic imine (C=N–C) groups is 1. The van der Waals surface area contributed by atoms with E-state index in [2.05, 4.69) is 56.5 Å². The van der Waals surface area contributed by atoms with E-state index in [4.69, 9.17) is 58.1 Å². The number of hydrogen-bond acceptors (Lipinski definition) is 31. The summed E-state index contributed by atoms with van der Waals surface area (Å²) in [5.41, 5.74) is 32.7. The third-order valence-corrected chi connectivity index (χ3v) is 16.6. The molecule has 40 heteroatoms. The van der Waals surface area contributed by atoms with Gasteiger partial charge in [-0.25, -0.2) is 24.7 Å². The van der Waals surface area contributed by atoms with Crippen LogP contribution in [0.5, 0.6) is 0 Å². The van der Waals surface area contributed by atoms with Gasteiger partial charge in [-0.3, -0.25) is 38.6 Å². The number of primary amides is 4. The van der Waals surface area contributed by atoms with Crippen molar-refractivity contribution < 1.29 is 103 Å². The first-order valence-corrected chi connectivity index (χ1v) is 29.5. The summed E-state index contributed by atoms with van der Waals surface area (Å²) in [5, 5.41) is 103. The van der Waals surface area contributed by atoms with Gasteiger partial charge in [0.2, 0.25) is 29.5 Å². The van der Waals surface area contributed by atoms with Crippen molar-refractivity contribution in [2.75, 3.05) is 37.8 Å². The molecule has 3 aliphatic rings. The molecule has 0 aromatic carbocycles. The van der Waals surface area contributed by atoms with Crippen LogP contribution in [-0.4, -0.2) is 248 Å². The summed E-state index contributed by atoms with van der Waals surface area (Å²) in [6.45, 7) is 2.66. The normalized spacial score (nSPS) is 26.4. The molecule has 6 heterocycles. The van der Waals surface area contributed by atoms with Gasteiger partial charge in [0.1, 0.15) is 95.0 Å². The molecule has 26 N–H and O–H groups in total. The van der Waals surface area contributed by atoms with Gasteiger partial charge >= 0.3 is 6.09 Å². The number of nitrogens with zero attached hydrogens (tertiary/aromatic N) is 5. The number of aliphatic hydroxyl groups excluding tert-OH is 8. The molecule has 3 aromatic rings. The van der Waals surface area contributed by atoms with Gasteiger partial charge in [0, 0.05) is 42.6 Å². The SMILES string of the molecule is Cc1c(N)nc([C@H](CC(N)=O)NC[C@H](N)C(N)=O)nc1C(=O)N[C@H](C(=O)N[C@H](C)[C@@H](O)[C@H](C)C(=O)N[C@H](C(=O)NCCC1=NC(c2nc(C(N)=O)cs2)CS1)[C@@H](C)O)[C@@H](O[C@H]1O[C@@H](CO)[C@@H](O)[C@H](O)[C@@H]1O[C@H]1O[C@H](CO)[C@@H](O)[C@H](OC(N)=O)[C@@H]1O)c1cnc[nH]1. The Morgan fingerprint density at radius 2 is 1.51 bits per heavy atom. The van der Waals surface area contributed by atoms with Gasteiger partial charge in [0.05, 0.1) is 72.7 Å². The average molecular weight is 1310 g/mol. The van der Waals surface area contributed by atoms with Gasteiger partial charge in [-0.1, -0.05) is 6.92 Å². The Hall–Kier alpha value is -7.26. The summed E-state index contributed by atoms with van der Waals surface area (Å²) in [4.78, 5) is 129. The molecule has 0 radical (unpaired) electrons. The Morgan fingerprint density at radius 1 is 0.833 bits per heavy atom. The van der Waals surface area contributed by atoms with Gasteiger partial charge in [-0.15, -0.1) is 23.1 Å². The van der Waals surface area contributed by atoms with Crippen molar-refractivity contribution in [3.8, 4) is 0 Å². The molecule has 0 bridgehead atoms. The number of thiazole rings is 1. The molecule has 38 nitrogen and oxygen atoms in total. The molecule has 3 aromatic heterocycles. The number of thioether (sulfide) groups is 1. The first-order valence-electron chi connectivity index (χ1n) is 27.7. The average Bonchev–Trinajstić information content (AvgIpc) is 0.905. The molecule has 90 heavy (non-hydrogen) atoms. The number of aromatic amines is 1. The molecule has 2 saturated heterocycles. The number of carbonyl (C=O) groups excluding carboxylic acids is 8. The van der Waals surface area contributed by atoms with Crippen LogP contribution in [0.4, 0.5) is 10.6 Å². The van der Waals surface area contributed by atoms with Crippen molar-refractivity contribution in [2.45, 2.75) is 157 Å². The molecule has 498 valence electrons. The summed E-state index contributed by atoms with van der Waals surface area (Å²) in [6, 6.07) is -8.17. The number of nitrogens with two attached hydrogens (primary N) is 6. The maximum atomic E-state index is 15.1. The molecule has 8 amide bonds. The lowest BCUT2D eigenvalue weighted by Gasteiger charge is -2.47. The Labute approximate surface area is 519 Å². The van der Waals surface area contributed by atoms with E-state index in [-0.39, 0.29) is 54.1 Å². The molecular formula is C50H75N17O21S2. The fourth-order valence-corrected chi connectivity index (χ4v) is 11.3. The molecule has 3 aliphatic heterocycles. The van der Waals surface area contributed by atoms with Crippen molar-refractivity contribution in [2.24, 2.45) is 39.6 Å². The molecule has 1 unspecified atom stereocenters. The molecule has 2 fully saturated rings. The smallest absolute Gasteiger partial charge is 0.404 e.